The van der Waals surface area contributed by atoms with E-state index in [-0.39, 0.29) is 5.91 Å². The third-order valence-electron chi connectivity index (χ3n) is 8.90. The molecule has 1 heterocycles. The Morgan fingerprint density at radius 3 is 2.00 bits per heavy atom. The van der Waals surface area contributed by atoms with Gasteiger partial charge in [-0.3, -0.25) is 9.78 Å². The van der Waals surface area contributed by atoms with Gasteiger partial charge in [-0.05, 0) is 96.7 Å². The molecule has 4 aromatic rings. The molecule has 2 aliphatic carbocycles. The van der Waals surface area contributed by atoms with Gasteiger partial charge in [0.15, 0.2) is 0 Å². The largest absolute Gasteiger partial charge is 0.490 e. The van der Waals surface area contributed by atoms with Gasteiger partial charge in [-0.1, -0.05) is 73.9 Å². The molecule has 0 spiro atoms. The van der Waals surface area contributed by atoms with Crippen LogP contribution in [0.2, 0.25) is 0 Å². The van der Waals surface area contributed by atoms with Crippen LogP contribution in [0.4, 0.5) is 0 Å². The highest BCUT2D eigenvalue weighted by Gasteiger charge is 2.19. The molecule has 3 aromatic carbocycles. The molecule has 6 rings (SSSR count). The van der Waals surface area contributed by atoms with Crippen LogP contribution in [0.3, 0.4) is 0 Å². The highest BCUT2D eigenvalue weighted by molar-refractivity contribution is 5.94. The number of carbonyl (C=O) groups excluding carboxylic acids is 1. The number of nitrogens with zero attached hydrogens (tertiary/aromatic N) is 2. The first-order valence-corrected chi connectivity index (χ1v) is 16.1. The maximum atomic E-state index is 13.7. The first-order chi connectivity index (χ1) is 21.2. The number of hydrogen-bond acceptors (Lipinski definition) is 4. The van der Waals surface area contributed by atoms with Gasteiger partial charge in [-0.15, -0.1) is 0 Å². The zero-order chi connectivity index (χ0) is 29.3. The van der Waals surface area contributed by atoms with Gasteiger partial charge >= 0.3 is 0 Å². The second-order valence-electron chi connectivity index (χ2n) is 12.2. The van der Waals surface area contributed by atoms with Crippen LogP contribution in [0.5, 0.6) is 5.75 Å². The van der Waals surface area contributed by atoms with Crippen LogP contribution >= 0.6 is 0 Å². The lowest BCUT2D eigenvalue weighted by Crippen LogP contribution is -2.30. The van der Waals surface area contributed by atoms with E-state index in [4.69, 9.17) is 4.74 Å². The van der Waals surface area contributed by atoms with E-state index in [9.17, 15) is 4.79 Å². The van der Waals surface area contributed by atoms with Gasteiger partial charge in [0.25, 0.3) is 5.91 Å². The van der Waals surface area contributed by atoms with Crippen molar-refractivity contribution in [1.29, 1.82) is 0 Å². The van der Waals surface area contributed by atoms with E-state index in [2.05, 4.69) is 58.8 Å². The third kappa shape index (κ3) is 8.11. The molecule has 2 aliphatic rings. The Morgan fingerprint density at radius 1 is 0.721 bits per heavy atom. The van der Waals surface area contributed by atoms with Crippen molar-refractivity contribution in [1.82, 2.24) is 15.2 Å². The van der Waals surface area contributed by atoms with E-state index >= 15 is 0 Å². The van der Waals surface area contributed by atoms with Crippen molar-refractivity contribution in [2.75, 3.05) is 0 Å². The first kappa shape index (κ1) is 29.1. The van der Waals surface area contributed by atoms with E-state index in [0.29, 0.717) is 30.8 Å². The molecule has 0 atom stereocenters. The van der Waals surface area contributed by atoms with E-state index in [1.54, 1.807) is 6.20 Å². The zero-order valence-electron chi connectivity index (χ0n) is 25.1. The predicted molar refractivity (Wildman–Crippen MR) is 173 cm³/mol. The van der Waals surface area contributed by atoms with E-state index < -0.39 is 0 Å². The zero-order valence-corrected chi connectivity index (χ0v) is 25.1. The molecule has 0 saturated heterocycles. The first-order valence-electron chi connectivity index (χ1n) is 16.1. The van der Waals surface area contributed by atoms with Crippen LogP contribution in [-0.2, 0) is 19.6 Å². The van der Waals surface area contributed by atoms with Gasteiger partial charge in [0.05, 0.1) is 6.10 Å². The maximum Gasteiger partial charge on any atom is 0.254 e. The Bertz CT molecular complexity index is 1420. The van der Waals surface area contributed by atoms with Crippen LogP contribution in [-0.4, -0.2) is 27.9 Å². The van der Waals surface area contributed by atoms with Gasteiger partial charge in [0.2, 0.25) is 0 Å². The summed E-state index contributed by atoms with van der Waals surface area (Å²) in [7, 11) is 0. The highest BCUT2D eigenvalue weighted by atomic mass is 16.5. The summed E-state index contributed by atoms with van der Waals surface area (Å²) in [5, 5.41) is 3.74. The maximum absolute atomic E-state index is 13.7. The second kappa shape index (κ2) is 14.5. The lowest BCUT2D eigenvalue weighted by atomic mass is 9.95. The van der Waals surface area contributed by atoms with Crippen LogP contribution in [0.1, 0.15) is 84.8 Å². The van der Waals surface area contributed by atoms with Crippen LogP contribution in [0, 0.1) is 0 Å². The Balaban J connectivity index is 1.11. The number of ether oxygens (including phenoxy) is 1. The molecule has 1 amide bonds. The Labute approximate surface area is 256 Å². The average Bonchev–Trinajstić information content (AvgIpc) is 3.58. The van der Waals surface area contributed by atoms with Crippen LogP contribution in [0.15, 0.2) is 97.3 Å². The molecule has 0 aliphatic heterocycles. The lowest BCUT2D eigenvalue weighted by molar-refractivity contribution is 0.0730. The average molecular weight is 574 g/mol. The molecule has 222 valence electrons. The summed E-state index contributed by atoms with van der Waals surface area (Å²) in [5.41, 5.74) is 6.47. The van der Waals surface area contributed by atoms with Gasteiger partial charge in [-0.25, -0.2) is 0 Å². The normalized spacial score (nSPS) is 15.8. The van der Waals surface area contributed by atoms with Crippen molar-refractivity contribution in [3.63, 3.8) is 0 Å². The van der Waals surface area contributed by atoms with Crippen molar-refractivity contribution in [3.05, 3.63) is 120 Å². The topological polar surface area (TPSA) is 54.5 Å². The third-order valence-corrected chi connectivity index (χ3v) is 8.90. The minimum atomic E-state index is -0.00206. The summed E-state index contributed by atoms with van der Waals surface area (Å²) in [6.45, 7) is 1.94. The highest BCUT2D eigenvalue weighted by Crippen LogP contribution is 2.26. The van der Waals surface area contributed by atoms with E-state index in [1.807, 2.05) is 47.5 Å². The van der Waals surface area contributed by atoms with Crippen molar-refractivity contribution in [3.8, 4) is 16.9 Å². The minimum Gasteiger partial charge on any atom is -0.490 e. The second-order valence-corrected chi connectivity index (χ2v) is 12.2. The molecular weight excluding hydrogens is 530 g/mol. The minimum absolute atomic E-state index is 0.00206. The summed E-state index contributed by atoms with van der Waals surface area (Å²) in [6, 6.07) is 29.7. The SMILES string of the molecule is O=C(c1ccc(OC2CCCC2)cc1)N(Cc1ccc(-c2ccc(CNC3CCCCC3)cc2)cc1)Cc1cccnc1. The predicted octanol–water partition coefficient (Wildman–Crippen LogP) is 8.33. The number of rotatable bonds is 11. The molecule has 0 radical (unpaired) electrons. The summed E-state index contributed by atoms with van der Waals surface area (Å²) in [5.74, 6) is 0.837. The van der Waals surface area contributed by atoms with Crippen LogP contribution in [0.25, 0.3) is 11.1 Å². The number of benzene rings is 3. The molecule has 43 heavy (non-hydrogen) atoms. The smallest absolute Gasteiger partial charge is 0.254 e. The van der Waals surface area contributed by atoms with Crippen molar-refractivity contribution >= 4 is 5.91 Å². The molecular formula is C38H43N3O2. The summed E-state index contributed by atoms with van der Waals surface area (Å²) < 4.78 is 6.12. The monoisotopic (exact) mass is 573 g/mol. The number of hydrogen-bond donors (Lipinski definition) is 1. The van der Waals surface area contributed by atoms with Gasteiger partial charge in [0.1, 0.15) is 5.75 Å². The fourth-order valence-corrected chi connectivity index (χ4v) is 6.38. The fourth-order valence-electron chi connectivity index (χ4n) is 6.38. The number of pyridine rings is 1. The molecule has 5 nitrogen and oxygen atoms in total. The van der Waals surface area contributed by atoms with Gasteiger partial charge < -0.3 is 15.0 Å². The summed E-state index contributed by atoms with van der Waals surface area (Å²) >= 11 is 0. The quantitative estimate of drug-likeness (QED) is 0.196. The summed E-state index contributed by atoms with van der Waals surface area (Å²) in [4.78, 5) is 19.9. The molecule has 0 unspecified atom stereocenters. The Hall–Kier alpha value is -3.96. The fraction of sp³-hybridized carbons (Fsp3) is 0.368. The number of carbonyl (C=O) groups is 1. The van der Waals surface area contributed by atoms with Gasteiger partial charge in [0, 0.05) is 43.6 Å². The number of aromatic nitrogens is 1. The Morgan fingerprint density at radius 2 is 1.35 bits per heavy atom. The van der Waals surface area contributed by atoms with Crippen molar-refractivity contribution < 1.29 is 9.53 Å². The molecule has 5 heteroatoms. The molecule has 1 N–H and O–H groups in total. The van der Waals surface area contributed by atoms with Crippen molar-refractivity contribution in [2.24, 2.45) is 0 Å². The molecule has 0 bridgehead atoms. The lowest BCUT2D eigenvalue weighted by Gasteiger charge is -2.23. The summed E-state index contributed by atoms with van der Waals surface area (Å²) in [6.07, 6.45) is 15.3. The van der Waals surface area contributed by atoms with Gasteiger partial charge in [-0.2, -0.15) is 0 Å². The standard InChI is InChI=1S/C38H43N3O2/c42-38(34-20-22-37(23-21-34)43-36-10-4-5-11-36)41(28-31-7-6-24-39-25-31)27-30-14-18-33(19-15-30)32-16-12-29(13-17-32)26-40-35-8-2-1-3-9-35/h6-7,12-25,35-36,40H,1-5,8-11,26-28H2. The Kier molecular flexibility index (Phi) is 9.81. The van der Waals surface area contributed by atoms with E-state index in [0.717, 1.165) is 36.3 Å². The molecule has 2 saturated carbocycles. The van der Waals surface area contributed by atoms with Crippen molar-refractivity contribution in [2.45, 2.75) is 89.6 Å². The van der Waals surface area contributed by atoms with E-state index in [1.165, 1.54) is 61.6 Å². The number of nitrogens with one attached hydrogen (secondary N) is 1. The van der Waals surface area contributed by atoms with Crippen LogP contribution < -0.4 is 10.1 Å². The molecule has 1 aromatic heterocycles. The molecule has 2 fully saturated rings. The number of amides is 1.